The van der Waals surface area contributed by atoms with E-state index in [1.54, 1.807) is 24.3 Å². The number of para-hydroxylation sites is 1. The average Bonchev–Trinajstić information content (AvgIpc) is 2.24. The maximum absolute atomic E-state index is 12.5. The number of ketones is 1. The van der Waals surface area contributed by atoms with Crippen LogP contribution in [-0.2, 0) is 14.8 Å². The molecule has 0 saturated heterocycles. The monoisotopic (exact) mass is 298 g/mol. The van der Waals surface area contributed by atoms with Gasteiger partial charge in [0.2, 0.25) is 15.9 Å². The molecule has 0 aliphatic carbocycles. The van der Waals surface area contributed by atoms with Gasteiger partial charge in [0.1, 0.15) is 0 Å². The lowest BCUT2D eigenvalue weighted by Gasteiger charge is -2.23. The summed E-state index contributed by atoms with van der Waals surface area (Å²) in [6.07, 6.45) is 0. The zero-order chi connectivity index (χ0) is 15.6. The highest BCUT2D eigenvalue weighted by atomic mass is 32.2. The van der Waals surface area contributed by atoms with Crippen molar-refractivity contribution in [1.29, 1.82) is 0 Å². The molecule has 1 amide bonds. The molecule has 1 aromatic rings. The van der Waals surface area contributed by atoms with Crippen molar-refractivity contribution < 1.29 is 18.0 Å². The van der Waals surface area contributed by atoms with Gasteiger partial charge >= 0.3 is 0 Å². The molecule has 0 heterocycles. The minimum atomic E-state index is -3.78. The summed E-state index contributed by atoms with van der Waals surface area (Å²) in [6, 6.07) is 6.44. The van der Waals surface area contributed by atoms with Gasteiger partial charge in [0.05, 0.1) is 11.4 Å². The quantitative estimate of drug-likeness (QED) is 0.795. The first-order valence-electron chi connectivity index (χ1n) is 5.95. The molecule has 0 bridgehead atoms. The number of carbonyl (C=O) groups is 2. The van der Waals surface area contributed by atoms with E-state index in [-0.39, 0.29) is 11.5 Å². The summed E-state index contributed by atoms with van der Waals surface area (Å²) >= 11 is 0. The molecule has 0 atom stereocenters. The number of benzene rings is 1. The van der Waals surface area contributed by atoms with E-state index in [0.29, 0.717) is 5.69 Å². The van der Waals surface area contributed by atoms with E-state index in [1.165, 1.54) is 20.8 Å². The van der Waals surface area contributed by atoms with Crippen LogP contribution in [0.3, 0.4) is 0 Å². The molecule has 6 nitrogen and oxygen atoms in total. The number of anilines is 1. The first kappa shape index (κ1) is 16.3. The number of sulfonamides is 1. The number of rotatable bonds is 5. The molecule has 110 valence electrons. The molecule has 1 rings (SSSR count). The van der Waals surface area contributed by atoms with Gasteiger partial charge in [-0.25, -0.2) is 13.6 Å². The summed E-state index contributed by atoms with van der Waals surface area (Å²) in [5, 5.41) is 7.56. The third-order valence-electron chi connectivity index (χ3n) is 2.66. The lowest BCUT2D eigenvalue weighted by molar-refractivity contribution is -0.114. The first-order chi connectivity index (χ1) is 9.03. The van der Waals surface area contributed by atoms with Crippen molar-refractivity contribution in [2.24, 2.45) is 10.6 Å². The van der Waals surface area contributed by atoms with Crippen LogP contribution < -0.4 is 10.5 Å². The molecule has 0 aromatic heterocycles. The molecule has 20 heavy (non-hydrogen) atoms. The van der Waals surface area contributed by atoms with Gasteiger partial charge in [-0.3, -0.25) is 9.59 Å². The highest BCUT2D eigenvalue weighted by Crippen LogP contribution is 2.27. The van der Waals surface area contributed by atoms with Gasteiger partial charge in [-0.15, -0.1) is 0 Å². The van der Waals surface area contributed by atoms with Crippen LogP contribution in [0.1, 0.15) is 31.1 Å². The van der Waals surface area contributed by atoms with E-state index in [4.69, 9.17) is 5.14 Å². The molecule has 0 saturated carbocycles. The Morgan fingerprint density at radius 1 is 1.25 bits per heavy atom. The van der Waals surface area contributed by atoms with Crippen LogP contribution in [0, 0.1) is 5.41 Å². The van der Waals surface area contributed by atoms with Crippen LogP contribution in [0.4, 0.5) is 5.69 Å². The zero-order valence-corrected chi connectivity index (χ0v) is 12.5. The summed E-state index contributed by atoms with van der Waals surface area (Å²) in [5.74, 6) is -1.17. The van der Waals surface area contributed by atoms with Crippen LogP contribution in [0.2, 0.25) is 0 Å². The molecule has 1 aromatic carbocycles. The largest absolute Gasteiger partial charge is 0.326 e. The van der Waals surface area contributed by atoms with Crippen LogP contribution in [0.5, 0.6) is 0 Å². The first-order valence-corrected chi connectivity index (χ1v) is 7.66. The normalized spacial score (nSPS) is 12.0. The van der Waals surface area contributed by atoms with E-state index < -0.39 is 27.0 Å². The van der Waals surface area contributed by atoms with Gasteiger partial charge in [0.15, 0.2) is 5.78 Å². The van der Waals surface area contributed by atoms with Crippen LogP contribution in [-0.4, -0.2) is 25.9 Å². The molecular formula is C13H18N2O4S. The van der Waals surface area contributed by atoms with Crippen LogP contribution in [0.15, 0.2) is 24.3 Å². The maximum atomic E-state index is 12.5. The van der Waals surface area contributed by atoms with Crippen molar-refractivity contribution in [3.63, 3.8) is 0 Å². The fraction of sp³-hybridized carbons (Fsp3) is 0.385. The molecule has 0 fully saturated rings. The Kier molecular flexibility index (Phi) is 4.67. The van der Waals surface area contributed by atoms with Gasteiger partial charge in [0, 0.05) is 17.9 Å². The minimum Gasteiger partial charge on any atom is -0.326 e. The van der Waals surface area contributed by atoms with E-state index in [2.05, 4.69) is 5.32 Å². The van der Waals surface area contributed by atoms with E-state index in [0.717, 1.165) is 0 Å². The Balaban J connectivity index is 3.18. The summed E-state index contributed by atoms with van der Waals surface area (Å²) in [4.78, 5) is 23.6. The lowest BCUT2D eigenvalue weighted by Crippen LogP contribution is -2.36. The van der Waals surface area contributed by atoms with Crippen molar-refractivity contribution in [2.75, 3.05) is 11.1 Å². The van der Waals surface area contributed by atoms with Crippen LogP contribution >= 0.6 is 0 Å². The molecule has 0 aliphatic heterocycles. The Hall–Kier alpha value is -1.73. The third kappa shape index (κ3) is 4.43. The highest BCUT2D eigenvalue weighted by Gasteiger charge is 2.34. The molecule has 0 unspecified atom stereocenters. The summed E-state index contributed by atoms with van der Waals surface area (Å²) < 4.78 is 22.4. The van der Waals surface area contributed by atoms with Crippen LogP contribution in [0.25, 0.3) is 0 Å². The standard InChI is InChI=1S/C13H18N2O4S/c1-9(16)15-11-7-5-4-6-10(11)12(17)13(2,3)8-20(14,18)19/h4-7H,8H2,1-3H3,(H,15,16)(H2,14,18,19). The second kappa shape index (κ2) is 5.72. The number of amides is 1. The van der Waals surface area contributed by atoms with Gasteiger partial charge < -0.3 is 5.32 Å². The van der Waals surface area contributed by atoms with Gasteiger partial charge in [0.25, 0.3) is 0 Å². The fourth-order valence-electron chi connectivity index (χ4n) is 1.91. The summed E-state index contributed by atoms with van der Waals surface area (Å²) in [6.45, 7) is 4.34. The predicted octanol–water partition coefficient (Wildman–Crippen LogP) is 1.14. The summed E-state index contributed by atoms with van der Waals surface area (Å²) in [7, 11) is -3.78. The Morgan fingerprint density at radius 3 is 2.30 bits per heavy atom. The fourth-order valence-corrected chi connectivity index (χ4v) is 3.05. The van der Waals surface area contributed by atoms with Gasteiger partial charge in [-0.05, 0) is 12.1 Å². The Bertz CT molecular complexity index is 636. The number of carbonyl (C=O) groups excluding carboxylic acids is 2. The lowest BCUT2D eigenvalue weighted by atomic mass is 9.85. The molecule has 0 aliphatic rings. The topological polar surface area (TPSA) is 106 Å². The smallest absolute Gasteiger partial charge is 0.221 e. The van der Waals surface area contributed by atoms with Gasteiger partial charge in [-0.1, -0.05) is 26.0 Å². The molecule has 0 spiro atoms. The minimum absolute atomic E-state index is 0.261. The molecule has 3 N–H and O–H groups in total. The Morgan fingerprint density at radius 2 is 1.80 bits per heavy atom. The zero-order valence-electron chi connectivity index (χ0n) is 11.6. The maximum Gasteiger partial charge on any atom is 0.221 e. The van der Waals surface area contributed by atoms with Crippen molar-refractivity contribution in [1.82, 2.24) is 0 Å². The average molecular weight is 298 g/mol. The van der Waals surface area contributed by atoms with Gasteiger partial charge in [-0.2, -0.15) is 0 Å². The molecule has 7 heteroatoms. The highest BCUT2D eigenvalue weighted by molar-refractivity contribution is 7.89. The van der Waals surface area contributed by atoms with Crippen molar-refractivity contribution in [2.45, 2.75) is 20.8 Å². The Labute approximate surface area is 118 Å². The predicted molar refractivity (Wildman–Crippen MR) is 76.8 cm³/mol. The number of Topliss-reactive ketones (excluding diaryl/α,β-unsaturated/α-hetero) is 1. The third-order valence-corrected chi connectivity index (χ3v) is 3.78. The van der Waals surface area contributed by atoms with E-state index in [1.807, 2.05) is 0 Å². The van der Waals surface area contributed by atoms with Crippen molar-refractivity contribution in [3.05, 3.63) is 29.8 Å². The number of nitrogens with one attached hydrogen (secondary N) is 1. The molecular weight excluding hydrogens is 280 g/mol. The number of nitrogens with two attached hydrogens (primary N) is 1. The second-order valence-corrected chi connectivity index (χ2v) is 6.86. The van der Waals surface area contributed by atoms with E-state index in [9.17, 15) is 18.0 Å². The van der Waals surface area contributed by atoms with Crippen molar-refractivity contribution >= 4 is 27.4 Å². The molecule has 0 radical (unpaired) electrons. The second-order valence-electron chi connectivity index (χ2n) is 5.25. The summed E-state index contributed by atoms with van der Waals surface area (Å²) in [5.41, 5.74) is -0.564. The SMILES string of the molecule is CC(=O)Nc1ccccc1C(=O)C(C)(C)CS(N)(=O)=O. The van der Waals surface area contributed by atoms with Crippen molar-refractivity contribution in [3.8, 4) is 0 Å². The number of hydrogen-bond donors (Lipinski definition) is 2. The number of hydrogen-bond acceptors (Lipinski definition) is 4. The number of primary sulfonamides is 1. The van der Waals surface area contributed by atoms with E-state index >= 15 is 0 Å².